The van der Waals surface area contributed by atoms with E-state index in [0.29, 0.717) is 24.6 Å². The lowest BCUT2D eigenvalue weighted by atomic mass is 10.0. The standard InChI is InChI=1S/C15H14N6O.C2HF3O2/c1-2-20-7-10-5-9(3-4-11(10)15(20)22)12-6-17-14-13(16)18-8-19-21(12)14;3-2(4,5)1(6)7/h3-6,8H,2,7H2,1H3,(H2,16,18,19);(H,6,7). The number of hydrogen-bond donors (Lipinski definition) is 2. The van der Waals surface area contributed by atoms with Gasteiger partial charge in [0.25, 0.3) is 5.91 Å². The van der Waals surface area contributed by atoms with E-state index >= 15 is 0 Å². The molecule has 3 aromatic rings. The number of alkyl halides is 3. The maximum absolute atomic E-state index is 12.2. The Kier molecular flexibility index (Phi) is 5.10. The molecule has 0 atom stereocenters. The third-order valence-corrected chi connectivity index (χ3v) is 4.24. The van der Waals surface area contributed by atoms with Crippen molar-refractivity contribution in [3.63, 3.8) is 0 Å². The van der Waals surface area contributed by atoms with Crippen molar-refractivity contribution < 1.29 is 27.9 Å². The number of nitrogens with two attached hydrogens (primary N) is 1. The average Bonchev–Trinajstić information content (AvgIpc) is 3.23. The number of aliphatic carboxylic acids is 1. The number of carbonyl (C=O) groups is 2. The molecule has 0 saturated carbocycles. The van der Waals surface area contributed by atoms with Crippen molar-refractivity contribution in [2.75, 3.05) is 12.3 Å². The Morgan fingerprint density at radius 2 is 2.00 bits per heavy atom. The number of aromatic nitrogens is 4. The van der Waals surface area contributed by atoms with E-state index in [1.165, 1.54) is 6.33 Å². The number of carbonyl (C=O) groups excluding carboxylic acids is 1. The van der Waals surface area contributed by atoms with Crippen molar-refractivity contribution in [1.29, 1.82) is 0 Å². The van der Waals surface area contributed by atoms with Crippen LogP contribution in [0.5, 0.6) is 0 Å². The highest BCUT2D eigenvalue weighted by Crippen LogP contribution is 2.28. The lowest BCUT2D eigenvalue weighted by Crippen LogP contribution is -2.22. The van der Waals surface area contributed by atoms with Crippen molar-refractivity contribution in [3.8, 4) is 11.3 Å². The SMILES string of the molecule is CCN1Cc2cc(-c3cnc4c(N)ncnn34)ccc2C1=O.O=C(O)C(F)(F)F. The normalized spacial score (nSPS) is 13.2. The van der Waals surface area contributed by atoms with Crippen LogP contribution < -0.4 is 5.73 Å². The summed E-state index contributed by atoms with van der Waals surface area (Å²) in [6.07, 6.45) is -1.96. The van der Waals surface area contributed by atoms with Crippen LogP contribution in [0.15, 0.2) is 30.7 Å². The monoisotopic (exact) mass is 408 g/mol. The topological polar surface area (TPSA) is 127 Å². The predicted octanol–water partition coefficient (Wildman–Crippen LogP) is 1.98. The Hall–Kier alpha value is -3.70. The first-order valence-electron chi connectivity index (χ1n) is 8.30. The van der Waals surface area contributed by atoms with Gasteiger partial charge in [-0.1, -0.05) is 6.07 Å². The zero-order valence-electron chi connectivity index (χ0n) is 15.0. The molecule has 9 nitrogen and oxygen atoms in total. The van der Waals surface area contributed by atoms with E-state index in [-0.39, 0.29) is 5.91 Å². The molecule has 1 aliphatic rings. The molecule has 1 amide bonds. The quantitative estimate of drug-likeness (QED) is 0.664. The highest BCUT2D eigenvalue weighted by molar-refractivity contribution is 5.99. The number of amides is 1. The van der Waals surface area contributed by atoms with Crippen LogP contribution in [-0.2, 0) is 11.3 Å². The van der Waals surface area contributed by atoms with Gasteiger partial charge in [0.15, 0.2) is 11.5 Å². The number of hydrogen-bond acceptors (Lipinski definition) is 6. The number of benzene rings is 1. The van der Waals surface area contributed by atoms with Gasteiger partial charge in [-0.15, -0.1) is 0 Å². The molecule has 2 aromatic heterocycles. The highest BCUT2D eigenvalue weighted by atomic mass is 19.4. The number of halogens is 3. The molecule has 0 unspecified atom stereocenters. The molecule has 1 aromatic carbocycles. The summed E-state index contributed by atoms with van der Waals surface area (Å²) >= 11 is 0. The van der Waals surface area contributed by atoms with Gasteiger partial charge in [0.2, 0.25) is 0 Å². The fourth-order valence-electron chi connectivity index (χ4n) is 2.83. The first-order valence-corrected chi connectivity index (χ1v) is 8.30. The second-order valence-corrected chi connectivity index (χ2v) is 6.02. The number of nitrogens with zero attached hydrogens (tertiary/aromatic N) is 5. The summed E-state index contributed by atoms with van der Waals surface area (Å²) in [4.78, 5) is 31.1. The Balaban J connectivity index is 0.000000298. The van der Waals surface area contributed by atoms with Crippen molar-refractivity contribution in [3.05, 3.63) is 41.9 Å². The Morgan fingerprint density at radius 1 is 1.31 bits per heavy atom. The van der Waals surface area contributed by atoms with Gasteiger partial charge in [0.1, 0.15) is 6.33 Å². The molecule has 29 heavy (non-hydrogen) atoms. The molecule has 0 aliphatic carbocycles. The summed E-state index contributed by atoms with van der Waals surface area (Å²) in [5, 5.41) is 11.3. The number of anilines is 1. The summed E-state index contributed by atoms with van der Waals surface area (Å²) in [6, 6.07) is 5.80. The minimum Gasteiger partial charge on any atom is -0.475 e. The van der Waals surface area contributed by atoms with E-state index in [1.54, 1.807) is 10.7 Å². The molecule has 0 radical (unpaired) electrons. The van der Waals surface area contributed by atoms with Gasteiger partial charge in [-0.05, 0) is 24.6 Å². The van der Waals surface area contributed by atoms with Crippen LogP contribution in [0.1, 0.15) is 22.8 Å². The molecule has 4 rings (SSSR count). The number of carboxylic acids is 1. The van der Waals surface area contributed by atoms with Gasteiger partial charge in [0, 0.05) is 24.2 Å². The van der Waals surface area contributed by atoms with Crippen LogP contribution in [0.2, 0.25) is 0 Å². The molecule has 0 fully saturated rings. The van der Waals surface area contributed by atoms with Gasteiger partial charge < -0.3 is 15.7 Å². The van der Waals surface area contributed by atoms with E-state index in [9.17, 15) is 18.0 Å². The van der Waals surface area contributed by atoms with E-state index < -0.39 is 12.1 Å². The predicted molar refractivity (Wildman–Crippen MR) is 94.7 cm³/mol. The third-order valence-electron chi connectivity index (χ3n) is 4.24. The molecule has 0 saturated heterocycles. The summed E-state index contributed by atoms with van der Waals surface area (Å²) < 4.78 is 33.4. The Labute approximate surface area is 161 Å². The third kappa shape index (κ3) is 3.81. The van der Waals surface area contributed by atoms with Crippen LogP contribution >= 0.6 is 0 Å². The van der Waals surface area contributed by atoms with Gasteiger partial charge in [-0.25, -0.2) is 19.3 Å². The van der Waals surface area contributed by atoms with E-state index in [2.05, 4.69) is 15.1 Å². The lowest BCUT2D eigenvalue weighted by molar-refractivity contribution is -0.192. The molecule has 3 heterocycles. The minimum atomic E-state index is -5.08. The second-order valence-electron chi connectivity index (χ2n) is 6.02. The van der Waals surface area contributed by atoms with E-state index in [0.717, 1.165) is 22.4 Å². The molecule has 0 bridgehead atoms. The molecule has 12 heteroatoms. The number of carboxylic acid groups (broad SMARTS) is 1. The van der Waals surface area contributed by atoms with Gasteiger partial charge in [-0.2, -0.15) is 18.3 Å². The minimum absolute atomic E-state index is 0.0914. The summed E-state index contributed by atoms with van der Waals surface area (Å²) in [5.41, 5.74) is 9.92. The summed E-state index contributed by atoms with van der Waals surface area (Å²) in [6.45, 7) is 3.34. The fourth-order valence-corrected chi connectivity index (χ4v) is 2.83. The average molecular weight is 408 g/mol. The molecule has 1 aliphatic heterocycles. The Bertz CT molecular complexity index is 1100. The van der Waals surface area contributed by atoms with Crippen LogP contribution in [-0.4, -0.2) is 54.2 Å². The van der Waals surface area contributed by atoms with Gasteiger partial charge in [0.05, 0.1) is 11.9 Å². The number of nitrogen functional groups attached to an aromatic ring is 1. The molecular formula is C17H15F3N6O3. The molecule has 0 spiro atoms. The lowest BCUT2D eigenvalue weighted by Gasteiger charge is -2.10. The molecule has 152 valence electrons. The van der Waals surface area contributed by atoms with E-state index in [4.69, 9.17) is 15.6 Å². The van der Waals surface area contributed by atoms with Gasteiger partial charge in [-0.3, -0.25) is 4.79 Å². The smallest absolute Gasteiger partial charge is 0.475 e. The van der Waals surface area contributed by atoms with Crippen LogP contribution in [0.4, 0.5) is 19.0 Å². The number of imidazole rings is 1. The number of fused-ring (bicyclic) bond motifs is 2. The maximum Gasteiger partial charge on any atom is 0.490 e. The highest BCUT2D eigenvalue weighted by Gasteiger charge is 2.38. The van der Waals surface area contributed by atoms with Crippen LogP contribution in [0, 0.1) is 0 Å². The zero-order chi connectivity index (χ0) is 21.3. The maximum atomic E-state index is 12.2. The van der Waals surface area contributed by atoms with Crippen molar-refractivity contribution in [1.82, 2.24) is 24.5 Å². The zero-order valence-corrected chi connectivity index (χ0v) is 15.0. The van der Waals surface area contributed by atoms with E-state index in [1.807, 2.05) is 30.0 Å². The van der Waals surface area contributed by atoms with Gasteiger partial charge >= 0.3 is 12.1 Å². The van der Waals surface area contributed by atoms with Crippen LogP contribution in [0.25, 0.3) is 16.9 Å². The number of rotatable bonds is 2. The van der Waals surface area contributed by atoms with Crippen molar-refractivity contribution in [2.24, 2.45) is 0 Å². The van der Waals surface area contributed by atoms with Crippen LogP contribution in [0.3, 0.4) is 0 Å². The second kappa shape index (κ2) is 7.37. The van der Waals surface area contributed by atoms with Crippen molar-refractivity contribution in [2.45, 2.75) is 19.6 Å². The molecule has 3 N–H and O–H groups in total. The first-order chi connectivity index (χ1) is 13.6. The first kappa shape index (κ1) is 20.0. The Morgan fingerprint density at radius 3 is 2.62 bits per heavy atom. The summed E-state index contributed by atoms with van der Waals surface area (Å²) in [5.74, 6) is -2.32. The molecular weight excluding hydrogens is 393 g/mol. The fraction of sp³-hybridized carbons (Fsp3) is 0.235. The van der Waals surface area contributed by atoms with Crippen molar-refractivity contribution >= 4 is 23.3 Å². The summed E-state index contributed by atoms with van der Waals surface area (Å²) in [7, 11) is 0. The largest absolute Gasteiger partial charge is 0.490 e.